The lowest BCUT2D eigenvalue weighted by atomic mass is 9.70. The molecule has 1 heterocycles. The van der Waals surface area contributed by atoms with Gasteiger partial charge in [-0.3, -0.25) is 19.2 Å². The minimum atomic E-state index is -2.38. The number of carbonyl (C=O) groups excluding carboxylic acids is 3. The van der Waals surface area contributed by atoms with Crippen molar-refractivity contribution < 1.29 is 48.2 Å². The highest BCUT2D eigenvalue weighted by Gasteiger charge is 2.55. The molecule has 0 saturated carbocycles. The summed E-state index contributed by atoms with van der Waals surface area (Å²) in [6.07, 6.45) is -1.67. The third-order valence-corrected chi connectivity index (χ3v) is 5.92. The van der Waals surface area contributed by atoms with Crippen LogP contribution in [0.5, 0.6) is 0 Å². The van der Waals surface area contributed by atoms with Gasteiger partial charge < -0.3 is 34.9 Å². The zero-order chi connectivity index (χ0) is 27.9. The summed E-state index contributed by atoms with van der Waals surface area (Å²) in [5.74, 6) is -6.82. The molecule has 3 atom stereocenters. The molecule has 1 saturated heterocycles. The Balaban J connectivity index is 0.00000722. The highest BCUT2D eigenvalue weighted by atomic mass is 35.5. The van der Waals surface area contributed by atoms with Crippen LogP contribution in [-0.4, -0.2) is 78.4 Å². The average molecular weight is 595 g/mol. The second-order valence-corrected chi connectivity index (χ2v) is 9.72. The average Bonchev–Trinajstić information content (AvgIpc) is 2.78. The van der Waals surface area contributed by atoms with E-state index >= 15 is 0 Å². The molecule has 1 unspecified atom stereocenters. The van der Waals surface area contributed by atoms with Gasteiger partial charge in [0.05, 0.1) is 36.0 Å². The number of nitrogens with one attached hydrogen (secondary N) is 2. The second kappa shape index (κ2) is 14.6. The Hall–Kier alpha value is -2.52. The number of methoxy groups -OCH3 is 1. The van der Waals surface area contributed by atoms with Gasteiger partial charge in [-0.1, -0.05) is 37.0 Å². The van der Waals surface area contributed by atoms with Crippen molar-refractivity contribution >= 4 is 73.5 Å². The number of aliphatic carboxylic acids is 2. The molecule has 0 spiro atoms. The van der Waals surface area contributed by atoms with Gasteiger partial charge in [0.25, 0.3) is 11.9 Å². The van der Waals surface area contributed by atoms with Crippen LogP contribution in [0.4, 0.5) is 0 Å². The maximum Gasteiger partial charge on any atom is 0.552 e. The van der Waals surface area contributed by atoms with Gasteiger partial charge in [0.1, 0.15) is 6.04 Å². The van der Waals surface area contributed by atoms with Gasteiger partial charge >= 0.3 is 19.1 Å². The van der Waals surface area contributed by atoms with Crippen molar-refractivity contribution in [1.82, 2.24) is 10.6 Å². The van der Waals surface area contributed by atoms with Crippen molar-refractivity contribution in [3.05, 3.63) is 33.8 Å². The molecule has 1 aliphatic rings. The van der Waals surface area contributed by atoms with Crippen LogP contribution < -0.4 is 10.6 Å². The van der Waals surface area contributed by atoms with Crippen LogP contribution in [0.25, 0.3) is 0 Å². The predicted molar refractivity (Wildman–Crippen MR) is 142 cm³/mol. The lowest BCUT2D eigenvalue weighted by Gasteiger charge is -2.38. The number of benzene rings is 1. The fourth-order valence-electron chi connectivity index (χ4n) is 3.69. The lowest BCUT2D eigenvalue weighted by Crippen LogP contribution is -2.63. The van der Waals surface area contributed by atoms with E-state index in [0.717, 1.165) is 0 Å². The first-order valence-electron chi connectivity index (χ1n) is 11.2. The molecule has 12 nitrogen and oxygen atoms in total. The Bertz CT molecular complexity index is 1060. The topological polar surface area (TPSA) is 178 Å². The van der Waals surface area contributed by atoms with Gasteiger partial charge in [-0.15, -0.1) is 0 Å². The molecule has 4 N–H and O–H groups in total. The molecule has 0 radical (unpaired) electrons. The van der Waals surface area contributed by atoms with Crippen LogP contribution >= 0.6 is 36.7 Å². The Morgan fingerprint density at radius 1 is 1.18 bits per heavy atom. The van der Waals surface area contributed by atoms with E-state index in [2.05, 4.69) is 10.6 Å². The molecular formula is C22H29BCl2N2O10S. The number of amides is 2. The molecule has 1 aromatic carbocycles. The summed E-state index contributed by atoms with van der Waals surface area (Å²) in [4.78, 5) is 61.4. The Labute approximate surface area is 236 Å². The van der Waals surface area contributed by atoms with Gasteiger partial charge in [-0.25, -0.2) is 4.79 Å². The molecule has 2 rings (SSSR count). The summed E-state index contributed by atoms with van der Waals surface area (Å²) >= 11 is 12.0. The zero-order valence-corrected chi connectivity index (χ0v) is 23.3. The number of carboxylic acids is 2. The molecule has 1 aliphatic heterocycles. The van der Waals surface area contributed by atoms with E-state index in [0.29, 0.717) is 0 Å². The molecular weight excluding hydrogens is 566 g/mol. The molecule has 1 fully saturated rings. The molecule has 1 aromatic rings. The van der Waals surface area contributed by atoms with E-state index in [1.54, 1.807) is 13.8 Å². The fraction of sp³-hybridized carbons (Fsp3) is 0.500. The van der Waals surface area contributed by atoms with E-state index in [-0.39, 0.29) is 48.1 Å². The number of carbonyl (C=O) groups is 5. The summed E-state index contributed by atoms with van der Waals surface area (Å²) in [5, 5.41) is 24.3. The maximum absolute atomic E-state index is 13.2. The number of halogens is 2. The Morgan fingerprint density at radius 3 is 2.39 bits per heavy atom. The van der Waals surface area contributed by atoms with Gasteiger partial charge in [0, 0.05) is 12.1 Å². The highest BCUT2D eigenvalue weighted by Crippen LogP contribution is 2.30. The van der Waals surface area contributed by atoms with Gasteiger partial charge in [-0.2, -0.15) is 13.5 Å². The number of carboxylic acid groups (broad SMARTS) is 2. The van der Waals surface area contributed by atoms with Crippen LogP contribution in [0.3, 0.4) is 0 Å². The fourth-order valence-corrected chi connectivity index (χ4v) is 4.07. The number of hydrogen-bond acceptors (Lipinski definition) is 8. The molecule has 38 heavy (non-hydrogen) atoms. The van der Waals surface area contributed by atoms with Crippen LogP contribution in [0.1, 0.15) is 43.5 Å². The minimum absolute atomic E-state index is 0. The summed E-state index contributed by atoms with van der Waals surface area (Å²) in [6, 6.07) is 2.99. The molecule has 0 bridgehead atoms. The van der Waals surface area contributed by atoms with Crippen molar-refractivity contribution in [3.63, 3.8) is 0 Å². The predicted octanol–water partition coefficient (Wildman–Crippen LogP) is 1.67. The third-order valence-electron chi connectivity index (χ3n) is 5.36. The Morgan fingerprint density at radius 2 is 1.84 bits per heavy atom. The molecule has 2 amide bonds. The first kappa shape index (κ1) is 33.5. The monoisotopic (exact) mass is 594 g/mol. The van der Waals surface area contributed by atoms with E-state index in [9.17, 15) is 34.2 Å². The maximum atomic E-state index is 13.2. The van der Waals surface area contributed by atoms with Crippen LogP contribution in [-0.2, 0) is 33.2 Å². The summed E-state index contributed by atoms with van der Waals surface area (Å²) in [5.41, 5.74) is -2.36. The van der Waals surface area contributed by atoms with E-state index in [1.165, 1.54) is 25.3 Å². The smallest absolute Gasteiger partial charge is 0.508 e. The summed E-state index contributed by atoms with van der Waals surface area (Å²) < 4.78 is 15.7. The number of ether oxygens (including phenoxy) is 1. The SMILES string of the molecule is COC[C@H](NC(=O)c1cc(Cl)ccc1Cl)C(=O)N[C@@H](CC(C)C)B1OC(=O)CC(CC(=O)O)(C(=O)O)O1.S. The first-order valence-corrected chi connectivity index (χ1v) is 11.9. The number of rotatable bonds is 12. The molecule has 16 heteroatoms. The molecule has 0 aromatic heterocycles. The van der Waals surface area contributed by atoms with Crippen LogP contribution in [0.2, 0.25) is 10.0 Å². The number of hydrogen-bond donors (Lipinski definition) is 4. The van der Waals surface area contributed by atoms with Crippen molar-refractivity contribution in [2.24, 2.45) is 5.92 Å². The molecule has 210 valence electrons. The van der Waals surface area contributed by atoms with E-state index in [1.807, 2.05) is 0 Å². The lowest BCUT2D eigenvalue weighted by molar-refractivity contribution is -0.175. The Kier molecular flexibility index (Phi) is 12.9. The van der Waals surface area contributed by atoms with Gasteiger partial charge in [0.15, 0.2) is 5.60 Å². The van der Waals surface area contributed by atoms with E-state index in [4.69, 9.17) is 37.2 Å². The standard InChI is InChI=1S/C22H27BCl2N2O10.H2S/c1-11(2)6-16(23-36-18(30)9-22(37-23,21(33)34)8-17(28)29)27-20(32)15(10-35-3)26-19(31)13-7-12(24)4-5-14(13)25;/h4-5,7,11,15-16H,6,8-10H2,1-3H3,(H,26,31)(H,27,32)(H,28,29)(H,33,34);1H2/t15-,16-,22?;/m0./s1. The first-order chi connectivity index (χ1) is 17.3. The second-order valence-electron chi connectivity index (χ2n) is 8.87. The quantitative estimate of drug-likeness (QED) is 0.260. The van der Waals surface area contributed by atoms with Crippen molar-refractivity contribution in [2.45, 2.75) is 50.7 Å². The van der Waals surface area contributed by atoms with Gasteiger partial charge in [0.2, 0.25) is 5.91 Å². The van der Waals surface area contributed by atoms with Crippen LogP contribution in [0.15, 0.2) is 18.2 Å². The largest absolute Gasteiger partial charge is 0.552 e. The summed E-state index contributed by atoms with van der Waals surface area (Å²) in [7, 11) is -0.298. The van der Waals surface area contributed by atoms with Gasteiger partial charge in [-0.05, 0) is 30.5 Å². The van der Waals surface area contributed by atoms with Crippen molar-refractivity contribution in [3.8, 4) is 0 Å². The minimum Gasteiger partial charge on any atom is -0.508 e. The normalized spacial score (nSPS) is 18.6. The zero-order valence-electron chi connectivity index (χ0n) is 20.8. The highest BCUT2D eigenvalue weighted by molar-refractivity contribution is 7.59. The van der Waals surface area contributed by atoms with E-state index < -0.39 is 67.3 Å². The van der Waals surface area contributed by atoms with Crippen molar-refractivity contribution in [1.29, 1.82) is 0 Å². The third kappa shape index (κ3) is 9.05. The summed E-state index contributed by atoms with van der Waals surface area (Å²) in [6.45, 7) is 3.33. The van der Waals surface area contributed by atoms with Crippen molar-refractivity contribution in [2.75, 3.05) is 13.7 Å². The van der Waals surface area contributed by atoms with Crippen LogP contribution in [0, 0.1) is 5.92 Å². The molecule has 0 aliphatic carbocycles.